The van der Waals surface area contributed by atoms with Crippen molar-refractivity contribution in [2.24, 2.45) is 0 Å². The number of aliphatic hydroxyl groups is 1. The molecule has 5 nitrogen and oxygen atoms in total. The predicted octanol–water partition coefficient (Wildman–Crippen LogP) is 1.78. The van der Waals surface area contributed by atoms with Gasteiger partial charge in [0.1, 0.15) is 0 Å². The molecular weight excluding hydrogens is 240 g/mol. The molecule has 0 aliphatic rings. The van der Waals surface area contributed by atoms with Crippen LogP contribution in [0.1, 0.15) is 11.1 Å². The standard InChI is InChI=1S/C14H16N4O/c1-8-5-10-7-11-13(15)17-18(3-4-19)14(11)16-12(10)6-9(8)2/h5-7,19H,3-4H2,1-2H3,(H2,15,17). The quantitative estimate of drug-likeness (QED) is 0.732. The zero-order chi connectivity index (χ0) is 13.6. The molecule has 2 heterocycles. The number of aromatic nitrogens is 3. The lowest BCUT2D eigenvalue weighted by Crippen LogP contribution is -2.05. The van der Waals surface area contributed by atoms with Crippen LogP contribution in [0.2, 0.25) is 0 Å². The molecule has 5 heteroatoms. The average Bonchev–Trinajstić information content (AvgIpc) is 2.66. The lowest BCUT2D eigenvalue weighted by atomic mass is 10.1. The number of aliphatic hydroxyl groups excluding tert-OH is 1. The molecule has 3 aromatic rings. The van der Waals surface area contributed by atoms with Crippen LogP contribution in [0, 0.1) is 13.8 Å². The number of nitrogen functional groups attached to an aromatic ring is 1. The molecule has 0 aliphatic carbocycles. The Bertz CT molecular complexity index is 776. The second-order valence-electron chi connectivity index (χ2n) is 4.82. The Morgan fingerprint density at radius 3 is 2.68 bits per heavy atom. The molecule has 3 N–H and O–H groups in total. The van der Waals surface area contributed by atoms with Crippen molar-refractivity contribution in [1.82, 2.24) is 14.8 Å². The second kappa shape index (κ2) is 4.20. The number of nitrogens with two attached hydrogens (primary N) is 1. The molecule has 0 spiro atoms. The summed E-state index contributed by atoms with van der Waals surface area (Å²) in [6, 6.07) is 6.19. The van der Waals surface area contributed by atoms with Crippen LogP contribution in [0.4, 0.5) is 5.82 Å². The highest BCUT2D eigenvalue weighted by molar-refractivity contribution is 5.96. The molecule has 1 aromatic carbocycles. The largest absolute Gasteiger partial charge is 0.394 e. The summed E-state index contributed by atoms with van der Waals surface area (Å²) in [6.45, 7) is 4.57. The molecule has 0 bridgehead atoms. The third-order valence-electron chi connectivity index (χ3n) is 3.47. The van der Waals surface area contributed by atoms with Crippen LogP contribution < -0.4 is 5.73 Å². The predicted molar refractivity (Wildman–Crippen MR) is 76.0 cm³/mol. The van der Waals surface area contributed by atoms with Crippen molar-refractivity contribution in [3.63, 3.8) is 0 Å². The molecule has 0 amide bonds. The summed E-state index contributed by atoms with van der Waals surface area (Å²) in [6.07, 6.45) is 0. The number of hydrogen-bond donors (Lipinski definition) is 2. The lowest BCUT2D eigenvalue weighted by Gasteiger charge is -2.05. The maximum Gasteiger partial charge on any atom is 0.160 e. The van der Waals surface area contributed by atoms with E-state index in [0.29, 0.717) is 12.4 Å². The molecule has 0 atom stereocenters. The van der Waals surface area contributed by atoms with Crippen LogP contribution in [-0.4, -0.2) is 26.5 Å². The smallest absolute Gasteiger partial charge is 0.160 e. The summed E-state index contributed by atoms with van der Waals surface area (Å²) < 4.78 is 1.65. The zero-order valence-electron chi connectivity index (χ0n) is 11.0. The number of aryl methyl sites for hydroxylation is 2. The summed E-state index contributed by atoms with van der Waals surface area (Å²) in [7, 11) is 0. The Labute approximate surface area is 110 Å². The zero-order valence-corrected chi connectivity index (χ0v) is 11.0. The van der Waals surface area contributed by atoms with E-state index in [1.807, 2.05) is 6.07 Å². The van der Waals surface area contributed by atoms with E-state index < -0.39 is 0 Å². The van der Waals surface area contributed by atoms with Gasteiger partial charge in [-0.1, -0.05) is 0 Å². The summed E-state index contributed by atoms with van der Waals surface area (Å²) in [5, 5.41) is 15.2. The minimum Gasteiger partial charge on any atom is -0.394 e. The van der Waals surface area contributed by atoms with E-state index >= 15 is 0 Å². The molecule has 19 heavy (non-hydrogen) atoms. The van der Waals surface area contributed by atoms with Crippen molar-refractivity contribution in [3.05, 3.63) is 29.3 Å². The maximum absolute atomic E-state index is 9.05. The van der Waals surface area contributed by atoms with E-state index in [1.54, 1.807) is 4.68 Å². The van der Waals surface area contributed by atoms with Gasteiger partial charge in [-0.15, -0.1) is 0 Å². The molecular formula is C14H16N4O. The number of rotatable bonds is 2. The van der Waals surface area contributed by atoms with Crippen molar-refractivity contribution in [1.29, 1.82) is 0 Å². The minimum atomic E-state index is 0.0167. The van der Waals surface area contributed by atoms with Gasteiger partial charge >= 0.3 is 0 Å². The number of hydrogen-bond acceptors (Lipinski definition) is 4. The first-order valence-electron chi connectivity index (χ1n) is 6.25. The number of nitrogens with zero attached hydrogens (tertiary/aromatic N) is 3. The van der Waals surface area contributed by atoms with Crippen LogP contribution in [0.25, 0.3) is 21.9 Å². The SMILES string of the molecule is Cc1cc2cc3c(N)nn(CCO)c3nc2cc1C. The molecule has 2 aromatic heterocycles. The highest BCUT2D eigenvalue weighted by atomic mass is 16.3. The van der Waals surface area contributed by atoms with Gasteiger partial charge in [-0.25, -0.2) is 9.67 Å². The van der Waals surface area contributed by atoms with E-state index in [0.717, 1.165) is 21.9 Å². The fourth-order valence-electron chi connectivity index (χ4n) is 2.30. The third kappa shape index (κ3) is 1.82. The van der Waals surface area contributed by atoms with Crippen LogP contribution in [0.15, 0.2) is 18.2 Å². The monoisotopic (exact) mass is 256 g/mol. The van der Waals surface area contributed by atoms with E-state index in [9.17, 15) is 0 Å². The molecule has 3 rings (SSSR count). The molecule has 0 radical (unpaired) electrons. The topological polar surface area (TPSA) is 77.0 Å². The fourth-order valence-corrected chi connectivity index (χ4v) is 2.30. The molecule has 0 fully saturated rings. The van der Waals surface area contributed by atoms with Gasteiger partial charge in [0.2, 0.25) is 0 Å². The van der Waals surface area contributed by atoms with E-state index in [2.05, 4.69) is 36.1 Å². The number of pyridine rings is 1. The minimum absolute atomic E-state index is 0.0167. The molecule has 98 valence electrons. The maximum atomic E-state index is 9.05. The fraction of sp³-hybridized carbons (Fsp3) is 0.286. The molecule has 0 saturated heterocycles. The van der Waals surface area contributed by atoms with Crippen LogP contribution >= 0.6 is 0 Å². The molecule has 0 aliphatic heterocycles. The highest BCUT2D eigenvalue weighted by Crippen LogP contribution is 2.25. The number of anilines is 1. The normalized spacial score (nSPS) is 11.5. The summed E-state index contributed by atoms with van der Waals surface area (Å²) >= 11 is 0. The van der Waals surface area contributed by atoms with Gasteiger partial charge in [-0.05, 0) is 43.2 Å². The summed E-state index contributed by atoms with van der Waals surface area (Å²) in [5.41, 5.74) is 10.0. The average molecular weight is 256 g/mol. The van der Waals surface area contributed by atoms with Gasteiger partial charge in [0.15, 0.2) is 11.5 Å². The molecule has 0 unspecified atom stereocenters. The third-order valence-corrected chi connectivity index (χ3v) is 3.47. The summed E-state index contributed by atoms with van der Waals surface area (Å²) in [5.74, 6) is 0.455. The van der Waals surface area contributed by atoms with Gasteiger partial charge in [-0.2, -0.15) is 5.10 Å². The van der Waals surface area contributed by atoms with Crippen molar-refractivity contribution in [2.45, 2.75) is 20.4 Å². The first-order chi connectivity index (χ1) is 9.10. The number of fused-ring (bicyclic) bond motifs is 2. The van der Waals surface area contributed by atoms with E-state index in [1.165, 1.54) is 11.1 Å². The van der Waals surface area contributed by atoms with Crippen LogP contribution in [0.3, 0.4) is 0 Å². The van der Waals surface area contributed by atoms with E-state index in [4.69, 9.17) is 10.8 Å². The lowest BCUT2D eigenvalue weighted by molar-refractivity contribution is 0.271. The second-order valence-corrected chi connectivity index (χ2v) is 4.82. The van der Waals surface area contributed by atoms with Gasteiger partial charge in [0, 0.05) is 5.39 Å². The Hall–Kier alpha value is -2.14. The first-order valence-corrected chi connectivity index (χ1v) is 6.25. The molecule has 0 saturated carbocycles. The van der Waals surface area contributed by atoms with E-state index in [-0.39, 0.29) is 6.61 Å². The van der Waals surface area contributed by atoms with Crippen LogP contribution in [-0.2, 0) is 6.54 Å². The van der Waals surface area contributed by atoms with Crippen molar-refractivity contribution < 1.29 is 5.11 Å². The van der Waals surface area contributed by atoms with Gasteiger partial charge in [0.25, 0.3) is 0 Å². The van der Waals surface area contributed by atoms with Crippen molar-refractivity contribution >= 4 is 27.8 Å². The Morgan fingerprint density at radius 2 is 1.95 bits per heavy atom. The van der Waals surface area contributed by atoms with Gasteiger partial charge in [-0.3, -0.25) is 0 Å². The van der Waals surface area contributed by atoms with Crippen molar-refractivity contribution in [3.8, 4) is 0 Å². The Kier molecular flexibility index (Phi) is 2.64. The van der Waals surface area contributed by atoms with Crippen molar-refractivity contribution in [2.75, 3.05) is 12.3 Å². The first kappa shape index (κ1) is 11.9. The Morgan fingerprint density at radius 1 is 1.21 bits per heavy atom. The van der Waals surface area contributed by atoms with Gasteiger partial charge in [0.05, 0.1) is 24.1 Å². The summed E-state index contributed by atoms with van der Waals surface area (Å²) in [4.78, 5) is 4.63. The van der Waals surface area contributed by atoms with Gasteiger partial charge < -0.3 is 10.8 Å². The highest BCUT2D eigenvalue weighted by Gasteiger charge is 2.11. The van der Waals surface area contributed by atoms with Crippen LogP contribution in [0.5, 0.6) is 0 Å². The number of benzene rings is 1. The Balaban J connectivity index is 2.36.